The van der Waals surface area contributed by atoms with E-state index in [1.165, 1.54) is 148 Å². The van der Waals surface area contributed by atoms with Gasteiger partial charge < -0.3 is 25.2 Å². The van der Waals surface area contributed by atoms with Crippen LogP contribution in [0.2, 0.25) is 0 Å². The molecule has 3 unspecified atom stereocenters. The normalized spacial score (nSPS) is 14.0. The third-order valence-electron chi connectivity index (χ3n) is 9.39. The third kappa shape index (κ3) is 37.1. The fourth-order valence-corrected chi connectivity index (χ4v) is 6.85. The van der Waals surface area contributed by atoms with E-state index in [0.29, 0.717) is 6.61 Å². The summed E-state index contributed by atoms with van der Waals surface area (Å²) in [5.74, 6) is -1.77. The van der Waals surface area contributed by atoms with E-state index in [0.717, 1.165) is 38.5 Å². The fraction of sp³-hybridized carbons (Fsp3) is 0.950. The van der Waals surface area contributed by atoms with Gasteiger partial charge in [-0.15, -0.1) is 0 Å². The molecule has 4 N–H and O–H groups in total. The summed E-state index contributed by atoms with van der Waals surface area (Å²) in [4.78, 5) is 33.4. The first-order valence-corrected chi connectivity index (χ1v) is 22.6. The number of hydrogen-bond acceptors (Lipinski definition) is 8. The van der Waals surface area contributed by atoms with Crippen LogP contribution in [0.5, 0.6) is 0 Å². The van der Waals surface area contributed by atoms with Crippen LogP contribution in [0.3, 0.4) is 0 Å². The van der Waals surface area contributed by atoms with E-state index in [1.54, 1.807) is 0 Å². The van der Waals surface area contributed by atoms with Gasteiger partial charge in [0.05, 0.1) is 19.8 Å². The summed E-state index contributed by atoms with van der Waals surface area (Å²) < 4.78 is 33.3. The fourth-order valence-electron chi connectivity index (χ4n) is 6.08. The van der Waals surface area contributed by atoms with E-state index >= 15 is 0 Å². The molecule has 0 aromatic carbocycles. The summed E-state index contributed by atoms with van der Waals surface area (Å²) in [5.41, 5.74) is 5.34. The lowest BCUT2D eigenvalue weighted by Crippen LogP contribution is -2.34. The number of nitrogens with two attached hydrogens (primary N) is 1. The molecule has 0 bridgehead atoms. The van der Waals surface area contributed by atoms with Gasteiger partial charge in [-0.3, -0.25) is 18.6 Å². The Labute approximate surface area is 312 Å². The minimum Gasteiger partial charge on any atom is -0.480 e. The Hall–Kier alpha value is -1.03. The monoisotopic (exact) mass is 750 g/mol. The van der Waals surface area contributed by atoms with Crippen molar-refractivity contribution >= 4 is 19.8 Å². The van der Waals surface area contributed by atoms with E-state index in [2.05, 4.69) is 13.8 Å². The van der Waals surface area contributed by atoms with Gasteiger partial charge in [-0.1, -0.05) is 187 Å². The van der Waals surface area contributed by atoms with Crippen molar-refractivity contribution in [1.29, 1.82) is 0 Å². The summed E-state index contributed by atoms with van der Waals surface area (Å²) in [6.45, 7) is 3.91. The molecular formula is C40H80NO9P. The van der Waals surface area contributed by atoms with E-state index in [4.69, 9.17) is 29.4 Å². The zero-order chi connectivity index (χ0) is 37.7. The summed E-state index contributed by atoms with van der Waals surface area (Å²) in [5, 5.41) is 8.87. The maximum absolute atomic E-state index is 12.6. The Kier molecular flexibility index (Phi) is 36.5. The topological polar surface area (TPSA) is 155 Å². The Morgan fingerprint density at radius 3 is 1.29 bits per heavy atom. The van der Waals surface area contributed by atoms with Gasteiger partial charge in [0.25, 0.3) is 0 Å². The number of esters is 1. The zero-order valence-electron chi connectivity index (χ0n) is 33.0. The molecule has 304 valence electrons. The van der Waals surface area contributed by atoms with E-state index in [9.17, 15) is 19.0 Å². The molecule has 0 saturated carbocycles. The number of unbranched alkanes of at least 4 members (excludes halogenated alkanes) is 27. The first-order valence-electron chi connectivity index (χ1n) is 21.1. The van der Waals surface area contributed by atoms with Gasteiger partial charge in [0.15, 0.2) is 0 Å². The Balaban J connectivity index is 4.17. The van der Waals surface area contributed by atoms with Crippen molar-refractivity contribution in [2.24, 2.45) is 5.73 Å². The average molecular weight is 750 g/mol. The number of ether oxygens (including phenoxy) is 2. The molecule has 0 aliphatic rings. The van der Waals surface area contributed by atoms with Crippen LogP contribution >= 0.6 is 7.82 Å². The Bertz CT molecular complexity index is 832. The number of aliphatic carboxylic acids is 1. The van der Waals surface area contributed by atoms with Crippen molar-refractivity contribution in [3.05, 3.63) is 0 Å². The number of hydrogen-bond donors (Lipinski definition) is 3. The molecule has 11 heteroatoms. The van der Waals surface area contributed by atoms with Crippen molar-refractivity contribution in [3.63, 3.8) is 0 Å². The highest BCUT2D eigenvalue weighted by molar-refractivity contribution is 7.47. The molecular weight excluding hydrogens is 669 g/mol. The predicted octanol–water partition coefficient (Wildman–Crippen LogP) is 11.2. The van der Waals surface area contributed by atoms with Crippen LogP contribution in [-0.4, -0.2) is 60.5 Å². The standard InChI is InChI=1S/C40H80NO9P/c1-3-5-7-9-11-13-15-16-17-18-19-20-21-22-24-26-28-30-32-39(42)50-37(35-48-51(45,46)49-36-38(41)40(43)44)34-47-33-31-29-27-25-23-14-12-10-8-6-4-2/h37-38H,3-36,41H2,1-2H3,(H,43,44)(H,45,46). The van der Waals surface area contributed by atoms with Crippen molar-refractivity contribution in [1.82, 2.24) is 0 Å². The van der Waals surface area contributed by atoms with Crippen LogP contribution in [0, 0.1) is 0 Å². The molecule has 10 nitrogen and oxygen atoms in total. The van der Waals surface area contributed by atoms with Gasteiger partial charge in [-0.25, -0.2) is 4.57 Å². The summed E-state index contributed by atoms with van der Waals surface area (Å²) >= 11 is 0. The smallest absolute Gasteiger partial charge is 0.472 e. The summed E-state index contributed by atoms with van der Waals surface area (Å²) in [6, 6.07) is -1.47. The number of carbonyl (C=O) groups is 2. The number of carboxylic acid groups (broad SMARTS) is 1. The van der Waals surface area contributed by atoms with Crippen LogP contribution in [0.1, 0.15) is 206 Å². The SMILES string of the molecule is CCCCCCCCCCCCCCCCCCCCC(=O)OC(COCCCCCCCCCCCCC)COP(=O)(O)OCC(N)C(=O)O. The summed E-state index contributed by atoms with van der Waals surface area (Å²) in [6.07, 6.45) is 35.8. The van der Waals surface area contributed by atoms with Gasteiger partial charge in [0.2, 0.25) is 0 Å². The lowest BCUT2D eigenvalue weighted by atomic mass is 10.0. The van der Waals surface area contributed by atoms with Crippen molar-refractivity contribution < 1.29 is 42.7 Å². The van der Waals surface area contributed by atoms with Gasteiger partial charge in [0.1, 0.15) is 12.1 Å². The predicted molar refractivity (Wildman–Crippen MR) is 208 cm³/mol. The van der Waals surface area contributed by atoms with Gasteiger partial charge >= 0.3 is 19.8 Å². The van der Waals surface area contributed by atoms with Crippen LogP contribution in [0.25, 0.3) is 0 Å². The zero-order valence-corrected chi connectivity index (χ0v) is 33.9. The molecule has 0 fully saturated rings. The van der Waals surface area contributed by atoms with Gasteiger partial charge in [-0.2, -0.15) is 0 Å². The van der Waals surface area contributed by atoms with E-state index in [-0.39, 0.29) is 13.0 Å². The summed E-state index contributed by atoms with van der Waals surface area (Å²) in [7, 11) is -4.60. The second kappa shape index (κ2) is 37.3. The first kappa shape index (κ1) is 50.0. The molecule has 0 aromatic rings. The molecule has 0 rings (SSSR count). The molecule has 0 saturated heterocycles. The minimum atomic E-state index is -4.60. The molecule has 0 spiro atoms. The number of carbonyl (C=O) groups excluding carboxylic acids is 1. The maximum atomic E-state index is 12.6. The molecule has 0 heterocycles. The van der Waals surface area contributed by atoms with E-state index in [1.807, 2.05) is 0 Å². The second-order valence-electron chi connectivity index (χ2n) is 14.5. The van der Waals surface area contributed by atoms with Crippen LogP contribution in [0.15, 0.2) is 0 Å². The number of phosphoric ester groups is 1. The highest BCUT2D eigenvalue weighted by Gasteiger charge is 2.27. The molecule has 3 atom stereocenters. The highest BCUT2D eigenvalue weighted by atomic mass is 31.2. The minimum absolute atomic E-state index is 0.0251. The Morgan fingerprint density at radius 1 is 0.549 bits per heavy atom. The van der Waals surface area contributed by atoms with Gasteiger partial charge in [0, 0.05) is 13.0 Å². The van der Waals surface area contributed by atoms with Gasteiger partial charge in [-0.05, 0) is 12.8 Å². The maximum Gasteiger partial charge on any atom is 0.472 e. The number of rotatable bonds is 41. The molecule has 0 aromatic heterocycles. The molecule has 51 heavy (non-hydrogen) atoms. The van der Waals surface area contributed by atoms with E-state index < -0.39 is 45.1 Å². The largest absolute Gasteiger partial charge is 0.480 e. The van der Waals surface area contributed by atoms with Crippen molar-refractivity contribution in [3.8, 4) is 0 Å². The van der Waals surface area contributed by atoms with Crippen LogP contribution in [0.4, 0.5) is 0 Å². The highest BCUT2D eigenvalue weighted by Crippen LogP contribution is 2.43. The lowest BCUT2D eigenvalue weighted by Gasteiger charge is -2.20. The molecule has 0 amide bonds. The average Bonchev–Trinajstić information content (AvgIpc) is 3.10. The van der Waals surface area contributed by atoms with Crippen LogP contribution in [-0.2, 0) is 32.7 Å². The first-order chi connectivity index (χ1) is 24.7. The molecule has 0 aliphatic carbocycles. The quantitative estimate of drug-likeness (QED) is 0.0312. The number of carboxylic acids is 1. The van der Waals surface area contributed by atoms with Crippen LogP contribution < -0.4 is 5.73 Å². The third-order valence-corrected chi connectivity index (χ3v) is 10.3. The van der Waals surface area contributed by atoms with Crippen molar-refractivity contribution in [2.45, 2.75) is 219 Å². The molecule has 0 aliphatic heterocycles. The van der Waals surface area contributed by atoms with Crippen molar-refractivity contribution in [2.75, 3.05) is 26.4 Å². The molecule has 0 radical (unpaired) electrons. The number of phosphoric acid groups is 1. The lowest BCUT2D eigenvalue weighted by molar-refractivity contribution is -0.154. The Morgan fingerprint density at radius 2 is 0.902 bits per heavy atom. The second-order valence-corrected chi connectivity index (χ2v) is 15.9.